The number of carbonyl (C=O) groups excluding carboxylic acids is 1. The molecule has 0 saturated heterocycles. The van der Waals surface area contributed by atoms with Gasteiger partial charge in [0.1, 0.15) is 22.9 Å². The molecule has 1 aromatic heterocycles. The van der Waals surface area contributed by atoms with Crippen molar-refractivity contribution in [2.75, 3.05) is 19.5 Å². The third-order valence-electron chi connectivity index (χ3n) is 2.99. The Hall–Kier alpha value is -2.56. The van der Waals surface area contributed by atoms with Crippen LogP contribution in [0.25, 0.3) is 0 Å². The van der Waals surface area contributed by atoms with Gasteiger partial charge >= 0.3 is 0 Å². The fraction of sp³-hybridized carbons (Fsp3) is 0.250. The first-order valence-corrected chi connectivity index (χ1v) is 6.52. The van der Waals surface area contributed by atoms with Gasteiger partial charge in [0.05, 0.1) is 14.2 Å². The number of hydrogen-bond acceptors (Lipinski definition) is 4. The largest absolute Gasteiger partial charge is 0.496 e. The molecule has 0 aliphatic rings. The van der Waals surface area contributed by atoms with Crippen LogP contribution in [0, 0.1) is 13.8 Å². The second-order valence-electron chi connectivity index (χ2n) is 4.66. The van der Waals surface area contributed by atoms with Crippen LogP contribution >= 0.6 is 0 Å². The van der Waals surface area contributed by atoms with E-state index in [4.69, 9.17) is 9.47 Å². The average Bonchev–Trinajstić information content (AvgIpc) is 2.45. The van der Waals surface area contributed by atoms with Gasteiger partial charge in [0.2, 0.25) is 0 Å². The van der Waals surface area contributed by atoms with Crippen molar-refractivity contribution in [3.8, 4) is 11.5 Å². The molecule has 0 saturated carbocycles. The van der Waals surface area contributed by atoms with E-state index in [2.05, 4.69) is 10.3 Å². The van der Waals surface area contributed by atoms with Crippen LogP contribution in [0.1, 0.15) is 21.6 Å². The van der Waals surface area contributed by atoms with Crippen LogP contribution in [0.4, 0.5) is 5.82 Å². The van der Waals surface area contributed by atoms with Gasteiger partial charge in [-0.1, -0.05) is 6.07 Å². The van der Waals surface area contributed by atoms with E-state index in [0.29, 0.717) is 22.9 Å². The molecule has 0 spiro atoms. The van der Waals surface area contributed by atoms with Crippen LogP contribution in [-0.4, -0.2) is 25.1 Å². The molecule has 1 N–H and O–H groups in total. The van der Waals surface area contributed by atoms with Gasteiger partial charge in [-0.25, -0.2) is 4.98 Å². The molecule has 0 bridgehead atoms. The molecular weight excluding hydrogens is 268 g/mol. The minimum Gasteiger partial charge on any atom is -0.496 e. The minimum absolute atomic E-state index is 0.318. The van der Waals surface area contributed by atoms with Crippen molar-refractivity contribution in [1.82, 2.24) is 4.98 Å². The number of aryl methyl sites for hydroxylation is 2. The van der Waals surface area contributed by atoms with Crippen molar-refractivity contribution in [3.05, 3.63) is 47.2 Å². The zero-order valence-corrected chi connectivity index (χ0v) is 12.6. The van der Waals surface area contributed by atoms with Crippen molar-refractivity contribution in [2.45, 2.75) is 13.8 Å². The molecule has 5 nitrogen and oxygen atoms in total. The molecule has 1 heterocycles. The van der Waals surface area contributed by atoms with Gasteiger partial charge in [-0.2, -0.15) is 0 Å². The monoisotopic (exact) mass is 286 g/mol. The number of aromatic nitrogens is 1. The minimum atomic E-state index is -0.318. The third kappa shape index (κ3) is 3.31. The summed E-state index contributed by atoms with van der Waals surface area (Å²) in [5.41, 5.74) is 2.23. The van der Waals surface area contributed by atoms with Crippen LogP contribution in [0.3, 0.4) is 0 Å². The second-order valence-corrected chi connectivity index (χ2v) is 4.66. The van der Waals surface area contributed by atoms with Crippen LogP contribution in [-0.2, 0) is 0 Å². The highest BCUT2D eigenvalue weighted by atomic mass is 16.5. The van der Waals surface area contributed by atoms with Gasteiger partial charge < -0.3 is 14.8 Å². The lowest BCUT2D eigenvalue weighted by Gasteiger charge is -2.13. The Morgan fingerprint density at radius 1 is 1.10 bits per heavy atom. The van der Waals surface area contributed by atoms with Crippen LogP contribution in [0.5, 0.6) is 11.5 Å². The summed E-state index contributed by atoms with van der Waals surface area (Å²) in [7, 11) is 3.03. The Morgan fingerprint density at radius 3 is 2.24 bits per heavy atom. The lowest BCUT2D eigenvalue weighted by Crippen LogP contribution is -2.15. The smallest absolute Gasteiger partial charge is 0.264 e. The number of pyridine rings is 1. The lowest BCUT2D eigenvalue weighted by molar-refractivity contribution is 0.102. The second kappa shape index (κ2) is 6.26. The quantitative estimate of drug-likeness (QED) is 0.938. The van der Waals surface area contributed by atoms with E-state index < -0.39 is 0 Å². The fourth-order valence-electron chi connectivity index (χ4n) is 2.16. The highest BCUT2D eigenvalue weighted by Gasteiger charge is 2.18. The molecule has 1 aromatic carbocycles. The summed E-state index contributed by atoms with van der Waals surface area (Å²) in [6.45, 7) is 3.83. The molecule has 2 rings (SSSR count). The first kappa shape index (κ1) is 14.8. The zero-order valence-electron chi connectivity index (χ0n) is 12.6. The number of ether oxygens (including phenoxy) is 2. The number of carbonyl (C=O) groups is 1. The molecule has 0 fully saturated rings. The van der Waals surface area contributed by atoms with Gasteiger partial charge in [-0.3, -0.25) is 4.79 Å². The Kier molecular flexibility index (Phi) is 4.42. The number of methoxy groups -OCH3 is 2. The Morgan fingerprint density at radius 2 is 1.71 bits per heavy atom. The molecule has 110 valence electrons. The predicted molar refractivity (Wildman–Crippen MR) is 81.2 cm³/mol. The fourth-order valence-corrected chi connectivity index (χ4v) is 2.16. The van der Waals surface area contributed by atoms with E-state index in [1.54, 1.807) is 18.2 Å². The maximum absolute atomic E-state index is 12.5. The SMILES string of the molecule is COc1cccc(OC)c1C(=O)Nc1cc(C)cc(C)n1. The number of nitrogens with one attached hydrogen (secondary N) is 1. The van der Waals surface area contributed by atoms with E-state index in [-0.39, 0.29) is 5.91 Å². The van der Waals surface area contributed by atoms with Crippen molar-refractivity contribution >= 4 is 11.7 Å². The highest BCUT2D eigenvalue weighted by molar-refractivity contribution is 6.07. The van der Waals surface area contributed by atoms with Crippen molar-refractivity contribution in [3.63, 3.8) is 0 Å². The summed E-state index contributed by atoms with van der Waals surface area (Å²) in [5.74, 6) is 1.10. The third-order valence-corrected chi connectivity index (χ3v) is 2.99. The maximum Gasteiger partial charge on any atom is 0.264 e. The summed E-state index contributed by atoms with van der Waals surface area (Å²) in [5, 5.41) is 2.78. The van der Waals surface area contributed by atoms with Gasteiger partial charge in [-0.05, 0) is 43.7 Å². The van der Waals surface area contributed by atoms with Crippen molar-refractivity contribution in [1.29, 1.82) is 0 Å². The van der Waals surface area contributed by atoms with E-state index in [0.717, 1.165) is 11.3 Å². The number of nitrogens with zero attached hydrogens (tertiary/aromatic N) is 1. The number of amides is 1. The molecule has 0 radical (unpaired) electrons. The molecule has 0 aliphatic heterocycles. The summed E-state index contributed by atoms with van der Waals surface area (Å²) in [6, 6.07) is 8.95. The summed E-state index contributed by atoms with van der Waals surface area (Å²) in [6.07, 6.45) is 0. The Balaban J connectivity index is 2.36. The number of rotatable bonds is 4. The molecule has 0 unspecified atom stereocenters. The maximum atomic E-state index is 12.5. The van der Waals surface area contributed by atoms with Crippen LogP contribution in [0.2, 0.25) is 0 Å². The molecule has 21 heavy (non-hydrogen) atoms. The van der Waals surface area contributed by atoms with Crippen LogP contribution in [0.15, 0.2) is 30.3 Å². The molecule has 2 aromatic rings. The summed E-state index contributed by atoms with van der Waals surface area (Å²) in [4.78, 5) is 16.8. The van der Waals surface area contributed by atoms with Crippen molar-refractivity contribution < 1.29 is 14.3 Å². The van der Waals surface area contributed by atoms with Gasteiger partial charge in [0.15, 0.2) is 0 Å². The summed E-state index contributed by atoms with van der Waals surface area (Å²) >= 11 is 0. The van der Waals surface area contributed by atoms with Gasteiger partial charge in [-0.15, -0.1) is 0 Å². The van der Waals surface area contributed by atoms with E-state index in [9.17, 15) is 4.79 Å². The van der Waals surface area contributed by atoms with E-state index in [1.807, 2.05) is 26.0 Å². The van der Waals surface area contributed by atoms with Gasteiger partial charge in [0, 0.05) is 5.69 Å². The molecular formula is C16H18N2O3. The van der Waals surface area contributed by atoms with Gasteiger partial charge in [0.25, 0.3) is 5.91 Å². The predicted octanol–water partition coefficient (Wildman–Crippen LogP) is 2.97. The standard InChI is InChI=1S/C16H18N2O3/c1-10-8-11(2)17-14(9-10)18-16(19)15-12(20-3)6-5-7-13(15)21-4/h5-9H,1-4H3,(H,17,18,19). The molecule has 1 amide bonds. The normalized spacial score (nSPS) is 10.1. The molecule has 0 aliphatic carbocycles. The Bertz CT molecular complexity index is 626. The van der Waals surface area contributed by atoms with E-state index in [1.165, 1.54) is 14.2 Å². The molecule has 0 atom stereocenters. The Labute approximate surface area is 123 Å². The number of anilines is 1. The number of hydrogen-bond donors (Lipinski definition) is 1. The van der Waals surface area contributed by atoms with E-state index >= 15 is 0 Å². The topological polar surface area (TPSA) is 60.5 Å². The van der Waals surface area contributed by atoms with Crippen LogP contribution < -0.4 is 14.8 Å². The first-order chi connectivity index (χ1) is 10.0. The number of benzene rings is 1. The first-order valence-electron chi connectivity index (χ1n) is 6.52. The summed E-state index contributed by atoms with van der Waals surface area (Å²) < 4.78 is 10.5. The average molecular weight is 286 g/mol. The lowest BCUT2D eigenvalue weighted by atomic mass is 10.1. The zero-order chi connectivity index (χ0) is 15.4. The van der Waals surface area contributed by atoms with Crippen molar-refractivity contribution in [2.24, 2.45) is 0 Å². The molecule has 5 heteroatoms. The highest BCUT2D eigenvalue weighted by Crippen LogP contribution is 2.28.